The van der Waals surface area contributed by atoms with Crippen molar-refractivity contribution in [2.45, 2.75) is 13.0 Å². The number of esters is 1. The van der Waals surface area contributed by atoms with Crippen LogP contribution in [0.25, 0.3) is 0 Å². The van der Waals surface area contributed by atoms with Crippen LogP contribution in [0.3, 0.4) is 0 Å². The van der Waals surface area contributed by atoms with Gasteiger partial charge >= 0.3 is 5.97 Å². The number of rotatable bonds is 6. The van der Waals surface area contributed by atoms with Crippen molar-refractivity contribution in [2.24, 2.45) is 0 Å². The summed E-state index contributed by atoms with van der Waals surface area (Å²) in [6.45, 7) is 1.19. The van der Waals surface area contributed by atoms with Crippen LogP contribution in [0, 0.1) is 0 Å². The van der Waals surface area contributed by atoms with E-state index in [0.29, 0.717) is 22.2 Å². The number of benzene rings is 2. The third-order valence-corrected chi connectivity index (χ3v) is 4.09. The zero-order valence-corrected chi connectivity index (χ0v) is 15.7. The fourth-order valence-electron chi connectivity index (χ4n) is 2.23. The molecule has 0 saturated carbocycles. The first-order valence-electron chi connectivity index (χ1n) is 7.90. The average molecular weight is 412 g/mol. The van der Waals surface area contributed by atoms with Crippen LogP contribution in [0.15, 0.2) is 36.4 Å². The van der Waals surface area contributed by atoms with Crippen LogP contribution >= 0.6 is 23.2 Å². The number of halogens is 2. The number of fused-ring (bicyclic) bond motifs is 1. The number of ether oxygens (including phenoxy) is 4. The van der Waals surface area contributed by atoms with E-state index in [1.54, 1.807) is 24.3 Å². The van der Waals surface area contributed by atoms with Crippen molar-refractivity contribution in [3.63, 3.8) is 0 Å². The monoisotopic (exact) mass is 411 g/mol. The molecule has 0 fully saturated rings. The highest BCUT2D eigenvalue weighted by Crippen LogP contribution is 2.34. The molecule has 1 heterocycles. The Labute approximate surface area is 165 Å². The van der Waals surface area contributed by atoms with Gasteiger partial charge in [-0.1, -0.05) is 23.2 Å². The number of carbonyl (C=O) groups excluding carboxylic acids is 2. The predicted molar refractivity (Wildman–Crippen MR) is 98.7 cm³/mol. The molecule has 0 aliphatic carbocycles. The van der Waals surface area contributed by atoms with Gasteiger partial charge in [-0.15, -0.1) is 0 Å². The summed E-state index contributed by atoms with van der Waals surface area (Å²) in [5.41, 5.74) is 0.497. The molecule has 142 valence electrons. The largest absolute Gasteiger partial charge is 0.480 e. The van der Waals surface area contributed by atoms with Crippen molar-refractivity contribution in [1.82, 2.24) is 0 Å². The molecular formula is C18H15Cl2NO6. The number of anilines is 1. The van der Waals surface area contributed by atoms with Crippen molar-refractivity contribution in [3.8, 4) is 17.2 Å². The second-order valence-corrected chi connectivity index (χ2v) is 6.40. The van der Waals surface area contributed by atoms with E-state index in [4.69, 9.17) is 42.1 Å². The summed E-state index contributed by atoms with van der Waals surface area (Å²) in [7, 11) is 0. The van der Waals surface area contributed by atoms with Crippen LogP contribution in [-0.2, 0) is 14.3 Å². The van der Waals surface area contributed by atoms with Crippen molar-refractivity contribution < 1.29 is 28.5 Å². The minimum absolute atomic E-state index is 0.137. The lowest BCUT2D eigenvalue weighted by molar-refractivity contribution is -0.155. The number of hydrogen-bond acceptors (Lipinski definition) is 6. The summed E-state index contributed by atoms with van der Waals surface area (Å²) in [4.78, 5) is 24.1. The van der Waals surface area contributed by atoms with Crippen LogP contribution in [0.2, 0.25) is 10.0 Å². The third kappa shape index (κ3) is 4.96. The molecule has 2 aromatic rings. The van der Waals surface area contributed by atoms with Gasteiger partial charge in [0.05, 0.1) is 5.02 Å². The van der Waals surface area contributed by atoms with Gasteiger partial charge in [0, 0.05) is 16.8 Å². The van der Waals surface area contributed by atoms with Crippen molar-refractivity contribution in [2.75, 3.05) is 18.7 Å². The molecule has 7 nitrogen and oxygen atoms in total. The van der Waals surface area contributed by atoms with E-state index in [0.717, 1.165) is 0 Å². The first kappa shape index (κ1) is 19.1. The number of amides is 1. The minimum Gasteiger partial charge on any atom is -0.480 e. The second kappa shape index (κ2) is 8.37. The Bertz CT molecular complexity index is 873. The highest BCUT2D eigenvalue weighted by atomic mass is 35.5. The normalized spacial score (nSPS) is 13.0. The lowest BCUT2D eigenvalue weighted by Crippen LogP contribution is -2.31. The van der Waals surface area contributed by atoms with Crippen LogP contribution in [0.5, 0.6) is 17.2 Å². The number of carbonyl (C=O) groups is 2. The van der Waals surface area contributed by atoms with E-state index in [9.17, 15) is 9.59 Å². The highest BCUT2D eigenvalue weighted by molar-refractivity contribution is 6.35. The maximum atomic E-state index is 12.2. The molecular weight excluding hydrogens is 397 g/mol. The molecule has 0 spiro atoms. The molecule has 1 N–H and O–H groups in total. The number of hydrogen-bond donors (Lipinski definition) is 1. The van der Waals surface area contributed by atoms with Crippen molar-refractivity contribution in [3.05, 3.63) is 46.4 Å². The maximum absolute atomic E-state index is 12.2. The predicted octanol–water partition coefficient (Wildman–Crippen LogP) is 3.67. The SMILES string of the molecule is C[C@@H](OC(=O)COc1ccc(Cl)cc1Cl)C(=O)Nc1ccc2c(c1)OCO2. The van der Waals surface area contributed by atoms with Gasteiger partial charge in [-0.3, -0.25) is 4.79 Å². The molecule has 1 atom stereocenters. The molecule has 2 aromatic carbocycles. The Morgan fingerprint density at radius 3 is 2.70 bits per heavy atom. The summed E-state index contributed by atoms with van der Waals surface area (Å²) in [6.07, 6.45) is -1.02. The summed E-state index contributed by atoms with van der Waals surface area (Å²) >= 11 is 11.7. The van der Waals surface area contributed by atoms with E-state index in [1.165, 1.54) is 19.1 Å². The summed E-state index contributed by atoms with van der Waals surface area (Å²) in [6, 6.07) is 9.57. The van der Waals surface area contributed by atoms with E-state index < -0.39 is 24.6 Å². The zero-order chi connectivity index (χ0) is 19.4. The molecule has 1 aliphatic rings. The van der Waals surface area contributed by atoms with Gasteiger partial charge in [0.15, 0.2) is 24.2 Å². The Hall–Kier alpha value is -2.64. The third-order valence-electron chi connectivity index (χ3n) is 3.56. The smallest absolute Gasteiger partial charge is 0.344 e. The molecule has 0 unspecified atom stereocenters. The van der Waals surface area contributed by atoms with Crippen LogP contribution in [0.4, 0.5) is 5.69 Å². The van der Waals surface area contributed by atoms with Gasteiger partial charge in [0.2, 0.25) is 6.79 Å². The Balaban J connectivity index is 1.49. The standard InChI is InChI=1S/C18H15Cl2NO6/c1-10(18(23)21-12-3-5-15-16(7-12)26-9-25-15)27-17(22)8-24-14-4-2-11(19)6-13(14)20/h2-7,10H,8-9H2,1H3,(H,21,23)/t10-/m1/s1. The fourth-order valence-corrected chi connectivity index (χ4v) is 2.69. The van der Waals surface area contributed by atoms with Crippen LogP contribution in [-0.4, -0.2) is 31.4 Å². The van der Waals surface area contributed by atoms with Gasteiger partial charge in [-0.05, 0) is 37.3 Å². The van der Waals surface area contributed by atoms with Gasteiger partial charge in [-0.2, -0.15) is 0 Å². The van der Waals surface area contributed by atoms with Gasteiger partial charge in [0.1, 0.15) is 5.75 Å². The first-order chi connectivity index (χ1) is 12.9. The van der Waals surface area contributed by atoms with E-state index in [1.807, 2.05) is 0 Å². The van der Waals surface area contributed by atoms with Crippen LogP contribution < -0.4 is 19.5 Å². The molecule has 0 aromatic heterocycles. The lowest BCUT2D eigenvalue weighted by atomic mass is 10.2. The van der Waals surface area contributed by atoms with Crippen molar-refractivity contribution >= 4 is 40.8 Å². The Morgan fingerprint density at radius 2 is 1.93 bits per heavy atom. The maximum Gasteiger partial charge on any atom is 0.344 e. The zero-order valence-electron chi connectivity index (χ0n) is 14.2. The molecule has 0 saturated heterocycles. The van der Waals surface area contributed by atoms with Crippen LogP contribution in [0.1, 0.15) is 6.92 Å². The summed E-state index contributed by atoms with van der Waals surface area (Å²) < 4.78 is 20.8. The van der Waals surface area contributed by atoms with E-state index in [-0.39, 0.29) is 17.6 Å². The second-order valence-electron chi connectivity index (χ2n) is 5.55. The molecule has 3 rings (SSSR count). The van der Waals surface area contributed by atoms with E-state index >= 15 is 0 Å². The topological polar surface area (TPSA) is 83.1 Å². The summed E-state index contributed by atoms with van der Waals surface area (Å²) in [5.74, 6) is 0.216. The Kier molecular flexibility index (Phi) is 5.93. The van der Waals surface area contributed by atoms with Crippen molar-refractivity contribution in [1.29, 1.82) is 0 Å². The average Bonchev–Trinajstić information content (AvgIpc) is 3.08. The quantitative estimate of drug-likeness (QED) is 0.730. The Morgan fingerprint density at radius 1 is 1.15 bits per heavy atom. The summed E-state index contributed by atoms with van der Waals surface area (Å²) in [5, 5.41) is 3.35. The molecule has 0 bridgehead atoms. The molecule has 9 heteroatoms. The van der Waals surface area contributed by atoms with E-state index in [2.05, 4.69) is 5.32 Å². The molecule has 27 heavy (non-hydrogen) atoms. The fraction of sp³-hybridized carbons (Fsp3) is 0.222. The first-order valence-corrected chi connectivity index (χ1v) is 8.66. The van der Waals surface area contributed by atoms with Gasteiger partial charge in [-0.25, -0.2) is 4.79 Å². The molecule has 1 amide bonds. The minimum atomic E-state index is -1.02. The lowest BCUT2D eigenvalue weighted by Gasteiger charge is -2.14. The number of nitrogens with one attached hydrogen (secondary N) is 1. The molecule has 1 aliphatic heterocycles. The van der Waals surface area contributed by atoms with Gasteiger partial charge in [0.25, 0.3) is 5.91 Å². The highest BCUT2D eigenvalue weighted by Gasteiger charge is 2.20. The van der Waals surface area contributed by atoms with Gasteiger partial charge < -0.3 is 24.3 Å². The molecule has 0 radical (unpaired) electrons.